The molecule has 0 amide bonds. The molecular weight excluding hydrogens is 264 g/mol. The first kappa shape index (κ1) is 14.2. The van der Waals surface area contributed by atoms with Crippen molar-refractivity contribution < 1.29 is 8.78 Å². The van der Waals surface area contributed by atoms with E-state index >= 15 is 0 Å². The molecule has 1 aromatic carbocycles. The van der Waals surface area contributed by atoms with Gasteiger partial charge in [0.2, 0.25) is 0 Å². The van der Waals surface area contributed by atoms with Crippen molar-refractivity contribution in [3.63, 3.8) is 0 Å². The third-order valence-corrected chi connectivity index (χ3v) is 3.82. The Kier molecular flexibility index (Phi) is 4.66. The van der Waals surface area contributed by atoms with Crippen molar-refractivity contribution in [2.45, 2.75) is 32.4 Å². The zero-order chi connectivity index (χ0) is 13.8. The summed E-state index contributed by atoms with van der Waals surface area (Å²) in [4.78, 5) is 0. The SMILES string of the molecule is CC(Cc1ccsc1)NC(C)c1ccc(F)cc1F. The molecular formula is C15H17F2NS. The Morgan fingerprint density at radius 3 is 2.63 bits per heavy atom. The minimum atomic E-state index is -0.542. The first-order chi connectivity index (χ1) is 9.06. The lowest BCUT2D eigenvalue weighted by atomic mass is 10.0. The molecule has 0 aliphatic heterocycles. The summed E-state index contributed by atoms with van der Waals surface area (Å²) in [6.45, 7) is 3.95. The van der Waals surface area contributed by atoms with Gasteiger partial charge in [-0.2, -0.15) is 11.3 Å². The van der Waals surface area contributed by atoms with Crippen LogP contribution in [0.15, 0.2) is 35.0 Å². The molecule has 2 aromatic rings. The van der Waals surface area contributed by atoms with Crippen LogP contribution in [0.25, 0.3) is 0 Å². The third-order valence-electron chi connectivity index (χ3n) is 3.09. The zero-order valence-electron chi connectivity index (χ0n) is 11.0. The average Bonchev–Trinajstić information content (AvgIpc) is 2.81. The lowest BCUT2D eigenvalue weighted by Crippen LogP contribution is -2.31. The highest BCUT2D eigenvalue weighted by molar-refractivity contribution is 7.07. The van der Waals surface area contributed by atoms with Crippen LogP contribution in [0.2, 0.25) is 0 Å². The summed E-state index contributed by atoms with van der Waals surface area (Å²) in [6.07, 6.45) is 0.899. The monoisotopic (exact) mass is 281 g/mol. The molecule has 0 bridgehead atoms. The van der Waals surface area contributed by atoms with Crippen LogP contribution in [-0.2, 0) is 6.42 Å². The standard InChI is InChI=1S/C15H17F2NS/c1-10(7-12-5-6-19-9-12)18-11(2)14-4-3-13(16)8-15(14)17/h3-6,8-11,18H,7H2,1-2H3. The molecule has 0 aliphatic carbocycles. The maximum atomic E-state index is 13.7. The molecule has 1 heterocycles. The topological polar surface area (TPSA) is 12.0 Å². The Labute approximate surface area is 116 Å². The minimum Gasteiger partial charge on any atom is -0.307 e. The van der Waals surface area contributed by atoms with Crippen LogP contribution < -0.4 is 5.32 Å². The van der Waals surface area contributed by atoms with Crippen LogP contribution in [0.4, 0.5) is 8.78 Å². The van der Waals surface area contributed by atoms with Crippen molar-refractivity contribution in [2.24, 2.45) is 0 Å². The summed E-state index contributed by atoms with van der Waals surface area (Å²) in [5.74, 6) is -1.04. The molecule has 2 unspecified atom stereocenters. The van der Waals surface area contributed by atoms with Gasteiger partial charge in [0, 0.05) is 23.7 Å². The number of thiophene rings is 1. The van der Waals surface area contributed by atoms with Gasteiger partial charge < -0.3 is 5.32 Å². The summed E-state index contributed by atoms with van der Waals surface area (Å²) in [5.41, 5.74) is 1.77. The number of nitrogens with one attached hydrogen (secondary N) is 1. The lowest BCUT2D eigenvalue weighted by molar-refractivity contribution is 0.458. The molecule has 0 spiro atoms. The molecule has 0 saturated heterocycles. The van der Waals surface area contributed by atoms with E-state index in [2.05, 4.69) is 23.7 Å². The molecule has 0 radical (unpaired) electrons. The number of benzene rings is 1. The predicted octanol–water partition coefficient (Wildman–Crippen LogP) is 4.31. The zero-order valence-corrected chi connectivity index (χ0v) is 11.8. The van der Waals surface area contributed by atoms with Crippen LogP contribution in [0.3, 0.4) is 0 Å². The first-order valence-corrected chi connectivity index (χ1v) is 7.22. The minimum absolute atomic E-state index is 0.144. The molecule has 0 fully saturated rings. The van der Waals surface area contributed by atoms with Gasteiger partial charge in [-0.05, 0) is 48.7 Å². The van der Waals surface area contributed by atoms with E-state index in [0.717, 1.165) is 12.5 Å². The van der Waals surface area contributed by atoms with Crippen molar-refractivity contribution in [1.29, 1.82) is 0 Å². The van der Waals surface area contributed by atoms with Crippen molar-refractivity contribution >= 4 is 11.3 Å². The Morgan fingerprint density at radius 2 is 2.00 bits per heavy atom. The van der Waals surface area contributed by atoms with Gasteiger partial charge in [0.1, 0.15) is 11.6 Å². The number of hydrogen-bond acceptors (Lipinski definition) is 2. The predicted molar refractivity (Wildman–Crippen MR) is 75.4 cm³/mol. The molecule has 1 nitrogen and oxygen atoms in total. The van der Waals surface area contributed by atoms with Crippen LogP contribution in [-0.4, -0.2) is 6.04 Å². The highest BCUT2D eigenvalue weighted by atomic mass is 32.1. The lowest BCUT2D eigenvalue weighted by Gasteiger charge is -2.20. The van der Waals surface area contributed by atoms with Gasteiger partial charge in [-0.25, -0.2) is 8.78 Å². The Morgan fingerprint density at radius 1 is 1.21 bits per heavy atom. The van der Waals surface area contributed by atoms with Crippen LogP contribution in [0, 0.1) is 11.6 Å². The van der Waals surface area contributed by atoms with Gasteiger partial charge in [0.05, 0.1) is 0 Å². The number of hydrogen-bond donors (Lipinski definition) is 1. The van der Waals surface area contributed by atoms with Crippen molar-refractivity contribution in [3.05, 3.63) is 57.8 Å². The molecule has 1 N–H and O–H groups in total. The molecule has 4 heteroatoms. The fourth-order valence-electron chi connectivity index (χ4n) is 2.19. The van der Waals surface area contributed by atoms with E-state index in [1.54, 1.807) is 11.3 Å². The second kappa shape index (κ2) is 6.26. The average molecular weight is 281 g/mol. The van der Waals surface area contributed by atoms with Gasteiger partial charge in [-0.15, -0.1) is 0 Å². The van der Waals surface area contributed by atoms with Crippen LogP contribution in [0.5, 0.6) is 0 Å². The molecule has 0 aliphatic rings. The molecule has 102 valence electrons. The smallest absolute Gasteiger partial charge is 0.130 e. The maximum Gasteiger partial charge on any atom is 0.130 e. The van der Waals surface area contributed by atoms with Crippen LogP contribution >= 0.6 is 11.3 Å². The van der Waals surface area contributed by atoms with E-state index in [1.807, 2.05) is 12.3 Å². The fourth-order valence-corrected chi connectivity index (χ4v) is 2.87. The van der Waals surface area contributed by atoms with Gasteiger partial charge in [0.25, 0.3) is 0 Å². The summed E-state index contributed by atoms with van der Waals surface area (Å²) in [7, 11) is 0. The van der Waals surface area contributed by atoms with E-state index in [9.17, 15) is 8.78 Å². The van der Waals surface area contributed by atoms with E-state index in [1.165, 1.54) is 17.7 Å². The summed E-state index contributed by atoms with van der Waals surface area (Å²) < 4.78 is 26.5. The quantitative estimate of drug-likeness (QED) is 0.861. The van der Waals surface area contributed by atoms with Crippen molar-refractivity contribution in [3.8, 4) is 0 Å². The number of rotatable bonds is 5. The Hall–Kier alpha value is -1.26. The van der Waals surface area contributed by atoms with Crippen molar-refractivity contribution in [1.82, 2.24) is 5.32 Å². The highest BCUT2D eigenvalue weighted by Crippen LogP contribution is 2.19. The second-order valence-electron chi connectivity index (χ2n) is 4.79. The van der Waals surface area contributed by atoms with Crippen LogP contribution in [0.1, 0.15) is 31.0 Å². The molecule has 19 heavy (non-hydrogen) atoms. The Bertz CT molecular complexity index is 525. The first-order valence-electron chi connectivity index (χ1n) is 6.28. The normalized spacial score (nSPS) is 14.3. The number of halogens is 2. The highest BCUT2D eigenvalue weighted by Gasteiger charge is 2.14. The molecule has 2 atom stereocenters. The van der Waals surface area contributed by atoms with E-state index in [4.69, 9.17) is 0 Å². The third kappa shape index (κ3) is 3.85. The van der Waals surface area contributed by atoms with Gasteiger partial charge in [-0.3, -0.25) is 0 Å². The van der Waals surface area contributed by atoms with Gasteiger partial charge in [-0.1, -0.05) is 6.07 Å². The largest absolute Gasteiger partial charge is 0.307 e. The van der Waals surface area contributed by atoms with Gasteiger partial charge >= 0.3 is 0 Å². The Balaban J connectivity index is 1.98. The van der Waals surface area contributed by atoms with Gasteiger partial charge in [0.15, 0.2) is 0 Å². The molecule has 1 aromatic heterocycles. The fraction of sp³-hybridized carbons (Fsp3) is 0.333. The summed E-state index contributed by atoms with van der Waals surface area (Å²) >= 11 is 1.67. The van der Waals surface area contributed by atoms with Crippen molar-refractivity contribution in [2.75, 3.05) is 0 Å². The summed E-state index contributed by atoms with van der Waals surface area (Å²) in [5, 5.41) is 7.50. The molecule has 0 saturated carbocycles. The van der Waals surface area contributed by atoms with E-state index in [0.29, 0.717) is 5.56 Å². The molecule has 2 rings (SSSR count). The van der Waals surface area contributed by atoms with E-state index < -0.39 is 11.6 Å². The second-order valence-corrected chi connectivity index (χ2v) is 5.57. The maximum absolute atomic E-state index is 13.7. The van der Waals surface area contributed by atoms with E-state index in [-0.39, 0.29) is 12.1 Å². The summed E-state index contributed by atoms with van der Waals surface area (Å²) in [6, 6.07) is 5.89.